The molecule has 1 heterocycles. The second-order valence-electron chi connectivity index (χ2n) is 8.79. The largest absolute Gasteiger partial charge is 0.480 e. The first-order valence-corrected chi connectivity index (χ1v) is 11.7. The van der Waals surface area contributed by atoms with E-state index in [0.717, 1.165) is 5.56 Å². The number of halogens is 3. The Labute approximate surface area is 213 Å². The lowest BCUT2D eigenvalue weighted by Gasteiger charge is -2.37. The number of amides is 1. The molecule has 3 aromatic carbocycles. The standard InChI is InChI=1S/C27H27ClF2N2O4/c1-14-21-20(36-27(14,15(2)31)17-9-5-4-6-10-17)13-19(29)23(28)22(21)24(34-3)25(30)35-18-11-7-8-16(12-18)26(32)33/h4-15,24-25H,31H2,1-3H3,(H2,32,33)/t14-,15-,24?,25?,27+/m0/s1. The first kappa shape index (κ1) is 25.9. The molecule has 0 aliphatic carbocycles. The number of primary amides is 1. The Morgan fingerprint density at radius 1 is 1.17 bits per heavy atom. The molecule has 2 unspecified atom stereocenters. The number of hydrogen-bond acceptors (Lipinski definition) is 5. The van der Waals surface area contributed by atoms with E-state index in [2.05, 4.69) is 0 Å². The summed E-state index contributed by atoms with van der Waals surface area (Å²) in [6, 6.07) is 15.8. The van der Waals surface area contributed by atoms with Crippen molar-refractivity contribution in [2.75, 3.05) is 7.11 Å². The highest BCUT2D eigenvalue weighted by atomic mass is 35.5. The van der Waals surface area contributed by atoms with Gasteiger partial charge >= 0.3 is 0 Å². The second-order valence-corrected chi connectivity index (χ2v) is 9.16. The van der Waals surface area contributed by atoms with Crippen molar-refractivity contribution in [2.45, 2.75) is 43.9 Å². The zero-order valence-corrected chi connectivity index (χ0v) is 20.8. The van der Waals surface area contributed by atoms with Crippen molar-refractivity contribution < 1.29 is 27.8 Å². The molecule has 0 spiro atoms. The van der Waals surface area contributed by atoms with Crippen LogP contribution >= 0.6 is 11.6 Å². The number of methoxy groups -OCH3 is 1. The van der Waals surface area contributed by atoms with Crippen molar-refractivity contribution >= 4 is 17.5 Å². The third-order valence-electron chi connectivity index (χ3n) is 6.66. The van der Waals surface area contributed by atoms with E-state index in [1.54, 1.807) is 6.92 Å². The molecule has 3 aromatic rings. The molecule has 4 N–H and O–H groups in total. The molecule has 0 fully saturated rings. The molecule has 0 radical (unpaired) electrons. The summed E-state index contributed by atoms with van der Waals surface area (Å²) in [6.45, 7) is 3.67. The summed E-state index contributed by atoms with van der Waals surface area (Å²) in [5.41, 5.74) is 12.2. The molecule has 4 rings (SSSR count). The fraction of sp³-hybridized carbons (Fsp3) is 0.296. The summed E-state index contributed by atoms with van der Waals surface area (Å²) in [7, 11) is 1.27. The van der Waals surface area contributed by atoms with Gasteiger partial charge in [-0.1, -0.05) is 54.9 Å². The van der Waals surface area contributed by atoms with Gasteiger partial charge in [-0.3, -0.25) is 4.79 Å². The number of nitrogens with two attached hydrogens (primary N) is 2. The first-order chi connectivity index (χ1) is 17.1. The highest BCUT2D eigenvalue weighted by Crippen LogP contribution is 2.56. The topological polar surface area (TPSA) is 96.8 Å². The van der Waals surface area contributed by atoms with Gasteiger partial charge in [-0.25, -0.2) is 4.39 Å². The van der Waals surface area contributed by atoms with Crippen molar-refractivity contribution in [2.24, 2.45) is 11.5 Å². The van der Waals surface area contributed by atoms with E-state index in [1.165, 1.54) is 37.4 Å². The van der Waals surface area contributed by atoms with Crippen LogP contribution in [0.25, 0.3) is 0 Å². The third-order valence-corrected chi connectivity index (χ3v) is 7.04. The minimum Gasteiger partial charge on any atom is -0.480 e. The molecule has 0 bridgehead atoms. The monoisotopic (exact) mass is 516 g/mol. The van der Waals surface area contributed by atoms with E-state index >= 15 is 8.78 Å². The zero-order valence-electron chi connectivity index (χ0n) is 20.0. The van der Waals surface area contributed by atoms with E-state index in [-0.39, 0.29) is 27.6 Å². The molecular formula is C27H27ClF2N2O4. The third kappa shape index (κ3) is 4.30. The number of rotatable bonds is 8. The van der Waals surface area contributed by atoms with E-state index in [1.807, 2.05) is 37.3 Å². The lowest BCUT2D eigenvalue weighted by Crippen LogP contribution is -2.49. The molecular weight excluding hydrogens is 490 g/mol. The predicted molar refractivity (Wildman–Crippen MR) is 132 cm³/mol. The number of alkyl halides is 1. The normalized spacial score (nSPS) is 21.2. The van der Waals surface area contributed by atoms with E-state index in [9.17, 15) is 4.79 Å². The van der Waals surface area contributed by atoms with Gasteiger partial charge in [0.1, 0.15) is 17.3 Å². The molecule has 9 heteroatoms. The summed E-state index contributed by atoms with van der Waals surface area (Å²) in [5, 5.41) is -0.304. The number of hydrogen-bond donors (Lipinski definition) is 2. The van der Waals surface area contributed by atoms with Gasteiger partial charge in [0.2, 0.25) is 5.91 Å². The van der Waals surface area contributed by atoms with Crippen LogP contribution in [0.2, 0.25) is 5.02 Å². The van der Waals surface area contributed by atoms with Crippen LogP contribution in [0.5, 0.6) is 11.5 Å². The van der Waals surface area contributed by atoms with Crippen LogP contribution in [0, 0.1) is 5.82 Å². The summed E-state index contributed by atoms with van der Waals surface area (Å²) in [5.74, 6) is -1.69. The van der Waals surface area contributed by atoms with Crippen LogP contribution in [0.15, 0.2) is 60.7 Å². The molecule has 1 aliphatic rings. The van der Waals surface area contributed by atoms with E-state index in [0.29, 0.717) is 5.56 Å². The second kappa shape index (κ2) is 10.0. The Hall–Kier alpha value is -3.20. The zero-order chi connectivity index (χ0) is 26.2. The number of carbonyl (C=O) groups excluding carboxylic acids is 1. The minimum atomic E-state index is -2.12. The molecule has 1 aliphatic heterocycles. The van der Waals surface area contributed by atoms with Crippen LogP contribution in [-0.4, -0.2) is 25.4 Å². The Balaban J connectivity index is 1.80. The summed E-state index contributed by atoms with van der Waals surface area (Å²) < 4.78 is 48.0. The van der Waals surface area contributed by atoms with Gasteiger partial charge in [0, 0.05) is 41.8 Å². The number of benzene rings is 3. The molecule has 0 saturated heterocycles. The highest BCUT2D eigenvalue weighted by molar-refractivity contribution is 6.31. The molecule has 5 atom stereocenters. The van der Waals surface area contributed by atoms with Gasteiger partial charge in [-0.2, -0.15) is 4.39 Å². The maximum atomic E-state index is 15.6. The molecule has 0 saturated carbocycles. The molecule has 36 heavy (non-hydrogen) atoms. The van der Waals surface area contributed by atoms with Gasteiger partial charge in [-0.15, -0.1) is 0 Å². The molecule has 1 amide bonds. The smallest absolute Gasteiger partial charge is 0.268 e. The van der Waals surface area contributed by atoms with Crippen molar-refractivity contribution in [3.63, 3.8) is 0 Å². The number of carbonyl (C=O) groups is 1. The van der Waals surface area contributed by atoms with Gasteiger partial charge in [0.25, 0.3) is 6.36 Å². The Morgan fingerprint density at radius 3 is 2.47 bits per heavy atom. The Bertz CT molecular complexity index is 1270. The lowest BCUT2D eigenvalue weighted by molar-refractivity contribution is -0.0700. The summed E-state index contributed by atoms with van der Waals surface area (Å²) in [4.78, 5) is 11.5. The fourth-order valence-electron chi connectivity index (χ4n) is 4.96. The first-order valence-electron chi connectivity index (χ1n) is 11.4. The van der Waals surface area contributed by atoms with Crippen LogP contribution in [0.3, 0.4) is 0 Å². The average molecular weight is 517 g/mol. The van der Waals surface area contributed by atoms with Crippen LogP contribution < -0.4 is 20.9 Å². The van der Waals surface area contributed by atoms with Gasteiger partial charge in [0.05, 0.1) is 5.02 Å². The molecule has 0 aromatic heterocycles. The Kier molecular flexibility index (Phi) is 7.22. The van der Waals surface area contributed by atoms with Crippen molar-refractivity contribution in [1.29, 1.82) is 0 Å². The van der Waals surface area contributed by atoms with Crippen LogP contribution in [0.1, 0.15) is 52.9 Å². The number of ether oxygens (including phenoxy) is 3. The van der Waals surface area contributed by atoms with E-state index in [4.69, 9.17) is 37.3 Å². The average Bonchev–Trinajstić information content (AvgIpc) is 3.15. The Morgan fingerprint density at radius 2 is 1.86 bits per heavy atom. The minimum absolute atomic E-state index is 0.0449. The summed E-state index contributed by atoms with van der Waals surface area (Å²) in [6.07, 6.45) is -3.54. The fourth-order valence-corrected chi connectivity index (χ4v) is 5.22. The maximum absolute atomic E-state index is 15.6. The van der Waals surface area contributed by atoms with Crippen LogP contribution in [-0.2, 0) is 10.3 Å². The van der Waals surface area contributed by atoms with Crippen molar-refractivity contribution in [3.05, 3.63) is 93.8 Å². The molecule has 6 nitrogen and oxygen atoms in total. The van der Waals surface area contributed by atoms with Crippen LogP contribution in [0.4, 0.5) is 8.78 Å². The summed E-state index contributed by atoms with van der Waals surface area (Å²) >= 11 is 6.42. The predicted octanol–water partition coefficient (Wildman–Crippen LogP) is 5.38. The van der Waals surface area contributed by atoms with Crippen molar-refractivity contribution in [1.82, 2.24) is 0 Å². The maximum Gasteiger partial charge on any atom is 0.268 e. The number of fused-ring (bicyclic) bond motifs is 1. The van der Waals surface area contributed by atoms with Gasteiger partial charge in [-0.05, 0) is 30.7 Å². The van der Waals surface area contributed by atoms with Gasteiger partial charge < -0.3 is 25.7 Å². The highest BCUT2D eigenvalue weighted by Gasteiger charge is 2.53. The van der Waals surface area contributed by atoms with Gasteiger partial charge in [0.15, 0.2) is 11.7 Å². The van der Waals surface area contributed by atoms with E-state index < -0.39 is 41.7 Å². The lowest BCUT2D eigenvalue weighted by atomic mass is 9.74. The quantitative estimate of drug-likeness (QED) is 0.419. The van der Waals surface area contributed by atoms with Crippen molar-refractivity contribution in [3.8, 4) is 11.5 Å². The molecule has 190 valence electrons. The SMILES string of the molecule is COC(c1c(Cl)c(F)cc2c1[C@H](C)[C@](c1ccccc1)([C@H](C)N)O2)C(F)Oc1cccc(C(N)=O)c1.